The van der Waals surface area contributed by atoms with E-state index in [9.17, 15) is 4.79 Å². The van der Waals surface area contributed by atoms with Gasteiger partial charge in [-0.1, -0.05) is 30.3 Å². The van der Waals surface area contributed by atoms with E-state index in [1.54, 1.807) is 0 Å². The van der Waals surface area contributed by atoms with Crippen LogP contribution >= 0.6 is 0 Å². The Hall–Kier alpha value is -2.14. The highest BCUT2D eigenvalue weighted by molar-refractivity contribution is 5.78. The molecule has 1 aliphatic rings. The van der Waals surface area contributed by atoms with E-state index in [1.165, 1.54) is 11.3 Å². The minimum absolute atomic E-state index is 0.130. The number of benzene rings is 1. The lowest BCUT2D eigenvalue weighted by atomic mass is 9.93. The molecule has 0 unspecified atom stereocenters. The fourth-order valence-electron chi connectivity index (χ4n) is 3.42. The van der Waals surface area contributed by atoms with E-state index in [-0.39, 0.29) is 5.91 Å². The minimum atomic E-state index is 0.130. The molecule has 0 radical (unpaired) electrons. The molecular formula is C19H26N4O. The van der Waals surface area contributed by atoms with Crippen LogP contribution in [0.1, 0.15) is 30.0 Å². The maximum absolute atomic E-state index is 12.1. The van der Waals surface area contributed by atoms with Crippen LogP contribution in [0.2, 0.25) is 0 Å². The third-order valence-electron chi connectivity index (χ3n) is 4.81. The van der Waals surface area contributed by atoms with Crippen molar-refractivity contribution in [1.29, 1.82) is 0 Å². The Morgan fingerprint density at radius 1 is 1.21 bits per heavy atom. The Morgan fingerprint density at radius 2 is 1.96 bits per heavy atom. The van der Waals surface area contributed by atoms with Crippen molar-refractivity contribution in [1.82, 2.24) is 20.0 Å². The Kier molecular flexibility index (Phi) is 5.64. The van der Waals surface area contributed by atoms with Crippen LogP contribution in [0.25, 0.3) is 0 Å². The maximum Gasteiger partial charge on any atom is 0.234 e. The highest BCUT2D eigenvalue weighted by atomic mass is 16.2. The molecule has 1 fully saturated rings. The molecule has 0 saturated carbocycles. The summed E-state index contributed by atoms with van der Waals surface area (Å²) in [6.07, 6.45) is 4.94. The van der Waals surface area contributed by atoms with E-state index in [2.05, 4.69) is 33.5 Å². The third-order valence-corrected chi connectivity index (χ3v) is 4.81. The number of nitrogens with zero attached hydrogens (tertiary/aromatic N) is 3. The molecule has 0 atom stereocenters. The molecular weight excluding hydrogens is 300 g/mol. The topological polar surface area (TPSA) is 50.2 Å². The van der Waals surface area contributed by atoms with Gasteiger partial charge in [0.2, 0.25) is 5.91 Å². The first-order valence-electron chi connectivity index (χ1n) is 8.73. The van der Waals surface area contributed by atoms with E-state index >= 15 is 0 Å². The Labute approximate surface area is 143 Å². The first-order valence-corrected chi connectivity index (χ1v) is 8.73. The average Bonchev–Trinajstić information content (AvgIpc) is 3.03. The lowest BCUT2D eigenvalue weighted by Crippen LogP contribution is -2.41. The van der Waals surface area contributed by atoms with Crippen LogP contribution in [0.5, 0.6) is 0 Å². The largest absolute Gasteiger partial charge is 0.355 e. The van der Waals surface area contributed by atoms with Crippen molar-refractivity contribution in [2.45, 2.75) is 25.2 Å². The first-order chi connectivity index (χ1) is 11.7. The molecule has 2 aromatic rings. The molecule has 1 N–H and O–H groups in total. The Bertz CT molecular complexity index is 644. The lowest BCUT2D eigenvalue weighted by molar-refractivity contribution is -0.122. The summed E-state index contributed by atoms with van der Waals surface area (Å²) in [6.45, 7) is 3.16. The number of aryl methyl sites for hydroxylation is 1. The number of amides is 1. The van der Waals surface area contributed by atoms with Gasteiger partial charge in [-0.05, 0) is 44.0 Å². The van der Waals surface area contributed by atoms with E-state index in [1.807, 2.05) is 36.1 Å². The maximum atomic E-state index is 12.1. The second kappa shape index (κ2) is 8.11. The summed E-state index contributed by atoms with van der Waals surface area (Å²) in [6, 6.07) is 12.4. The summed E-state index contributed by atoms with van der Waals surface area (Å²) in [5.74, 6) is 0.694. The number of carbonyl (C=O) groups excluding carboxylic acids is 1. The second-order valence-electron chi connectivity index (χ2n) is 6.52. The van der Waals surface area contributed by atoms with Crippen molar-refractivity contribution in [3.8, 4) is 0 Å². The first kappa shape index (κ1) is 16.7. The fraction of sp³-hybridized carbons (Fsp3) is 0.474. The van der Waals surface area contributed by atoms with Crippen molar-refractivity contribution < 1.29 is 4.79 Å². The van der Waals surface area contributed by atoms with Crippen LogP contribution in [-0.2, 0) is 18.3 Å². The SMILES string of the molecule is Cn1nccc1C1CCN(CC(=O)NCCc2ccccc2)CC1. The smallest absolute Gasteiger partial charge is 0.234 e. The highest BCUT2D eigenvalue weighted by Gasteiger charge is 2.23. The molecule has 24 heavy (non-hydrogen) atoms. The number of carbonyl (C=O) groups is 1. The van der Waals surface area contributed by atoms with Crippen LogP contribution in [0, 0.1) is 0 Å². The van der Waals surface area contributed by atoms with Crippen LogP contribution in [0.4, 0.5) is 0 Å². The third kappa shape index (κ3) is 4.45. The zero-order valence-electron chi connectivity index (χ0n) is 14.3. The molecule has 1 saturated heterocycles. The molecule has 3 rings (SSSR count). The number of piperidine rings is 1. The zero-order valence-corrected chi connectivity index (χ0v) is 14.3. The molecule has 0 bridgehead atoms. The molecule has 5 heteroatoms. The van der Waals surface area contributed by atoms with Crippen molar-refractivity contribution in [3.63, 3.8) is 0 Å². The molecule has 128 valence electrons. The van der Waals surface area contributed by atoms with E-state index in [0.29, 0.717) is 19.0 Å². The van der Waals surface area contributed by atoms with Gasteiger partial charge in [0.25, 0.3) is 0 Å². The zero-order chi connectivity index (χ0) is 16.8. The van der Waals surface area contributed by atoms with Crippen molar-refractivity contribution in [2.24, 2.45) is 7.05 Å². The normalized spacial score (nSPS) is 16.2. The van der Waals surface area contributed by atoms with Crippen LogP contribution in [-0.4, -0.2) is 46.8 Å². The van der Waals surface area contributed by atoms with E-state index in [4.69, 9.17) is 0 Å². The molecule has 1 aliphatic heterocycles. The van der Waals surface area contributed by atoms with Crippen molar-refractivity contribution in [2.75, 3.05) is 26.2 Å². The van der Waals surface area contributed by atoms with Gasteiger partial charge in [-0.15, -0.1) is 0 Å². The van der Waals surface area contributed by atoms with E-state index < -0.39 is 0 Å². The second-order valence-corrected chi connectivity index (χ2v) is 6.52. The number of hydrogen-bond acceptors (Lipinski definition) is 3. The number of rotatable bonds is 6. The molecule has 1 aromatic heterocycles. The molecule has 1 amide bonds. The van der Waals surface area contributed by atoms with E-state index in [0.717, 1.165) is 32.4 Å². The van der Waals surface area contributed by atoms with Gasteiger partial charge in [-0.2, -0.15) is 5.10 Å². The van der Waals surface area contributed by atoms with Gasteiger partial charge in [0, 0.05) is 31.4 Å². The Morgan fingerprint density at radius 3 is 2.62 bits per heavy atom. The monoisotopic (exact) mass is 326 g/mol. The molecule has 2 heterocycles. The molecule has 0 aliphatic carbocycles. The Balaban J connectivity index is 1.36. The van der Waals surface area contributed by atoms with Gasteiger partial charge < -0.3 is 5.32 Å². The standard InChI is InChI=1S/C19H26N4O/c1-22-18(8-12-21-22)17-9-13-23(14-10-17)15-19(24)20-11-7-16-5-3-2-4-6-16/h2-6,8,12,17H,7,9-11,13-15H2,1H3,(H,20,24). The minimum Gasteiger partial charge on any atom is -0.355 e. The molecule has 1 aromatic carbocycles. The van der Waals surface area contributed by atoms with Gasteiger partial charge in [0.05, 0.1) is 6.54 Å². The summed E-state index contributed by atoms with van der Waals surface area (Å²) in [5, 5.41) is 7.29. The summed E-state index contributed by atoms with van der Waals surface area (Å²) in [4.78, 5) is 14.4. The molecule has 5 nitrogen and oxygen atoms in total. The quantitative estimate of drug-likeness (QED) is 0.883. The summed E-state index contributed by atoms with van der Waals surface area (Å²) in [7, 11) is 2.00. The van der Waals surface area contributed by atoms with Gasteiger partial charge >= 0.3 is 0 Å². The van der Waals surface area contributed by atoms with Gasteiger partial charge in [0.1, 0.15) is 0 Å². The van der Waals surface area contributed by atoms with Crippen LogP contribution in [0.15, 0.2) is 42.6 Å². The highest BCUT2D eigenvalue weighted by Crippen LogP contribution is 2.27. The number of likely N-dealkylation sites (tertiary alicyclic amines) is 1. The van der Waals surface area contributed by atoms with Crippen LogP contribution < -0.4 is 5.32 Å². The van der Waals surface area contributed by atoms with Gasteiger partial charge in [0.15, 0.2) is 0 Å². The predicted octanol–water partition coefficient (Wildman–Crippen LogP) is 1.96. The van der Waals surface area contributed by atoms with Crippen LogP contribution in [0.3, 0.4) is 0 Å². The number of hydrogen-bond donors (Lipinski definition) is 1. The number of aromatic nitrogens is 2. The van der Waals surface area contributed by atoms with Gasteiger partial charge in [-0.3, -0.25) is 14.4 Å². The summed E-state index contributed by atoms with van der Waals surface area (Å²) < 4.78 is 1.97. The fourth-order valence-corrected chi connectivity index (χ4v) is 3.42. The molecule has 0 spiro atoms. The average molecular weight is 326 g/mol. The predicted molar refractivity (Wildman–Crippen MR) is 94.8 cm³/mol. The lowest BCUT2D eigenvalue weighted by Gasteiger charge is -2.31. The van der Waals surface area contributed by atoms with Gasteiger partial charge in [-0.25, -0.2) is 0 Å². The number of nitrogens with one attached hydrogen (secondary N) is 1. The van der Waals surface area contributed by atoms with Crippen molar-refractivity contribution >= 4 is 5.91 Å². The summed E-state index contributed by atoms with van der Waals surface area (Å²) >= 11 is 0. The van der Waals surface area contributed by atoms with Crippen molar-refractivity contribution in [3.05, 3.63) is 53.9 Å². The summed E-state index contributed by atoms with van der Waals surface area (Å²) in [5.41, 5.74) is 2.57.